The van der Waals surface area contributed by atoms with Gasteiger partial charge in [-0.05, 0) is 24.6 Å². The smallest absolute Gasteiger partial charge is 0.224 e. The Kier molecular flexibility index (Phi) is 5.22. The topological polar surface area (TPSA) is 41.6 Å². The summed E-state index contributed by atoms with van der Waals surface area (Å²) in [6, 6.07) is 6.12. The van der Waals surface area contributed by atoms with Crippen LogP contribution in [0.2, 0.25) is 0 Å². The van der Waals surface area contributed by atoms with Crippen LogP contribution in [0, 0.1) is 6.92 Å². The summed E-state index contributed by atoms with van der Waals surface area (Å²) in [6.45, 7) is 5.46. The third kappa shape index (κ3) is 4.21. The third-order valence-electron chi connectivity index (χ3n) is 3.20. The Bertz CT molecular complexity index is 445. The van der Waals surface area contributed by atoms with E-state index >= 15 is 0 Å². The molecule has 0 bridgehead atoms. The maximum atomic E-state index is 11.9. The van der Waals surface area contributed by atoms with Gasteiger partial charge >= 0.3 is 0 Å². The monoisotopic (exact) mass is 326 g/mol. The van der Waals surface area contributed by atoms with Gasteiger partial charge in [0.05, 0.1) is 13.2 Å². The van der Waals surface area contributed by atoms with Gasteiger partial charge in [-0.1, -0.05) is 22.0 Å². The molecule has 1 aliphatic heterocycles. The van der Waals surface area contributed by atoms with Crippen molar-refractivity contribution < 1.29 is 9.53 Å². The normalized spacial score (nSPS) is 15.4. The van der Waals surface area contributed by atoms with Crippen LogP contribution in [0.15, 0.2) is 22.7 Å². The molecule has 0 unspecified atom stereocenters. The summed E-state index contributed by atoms with van der Waals surface area (Å²) >= 11 is 3.50. The van der Waals surface area contributed by atoms with Crippen LogP contribution in [0.25, 0.3) is 0 Å². The minimum atomic E-state index is 0.196. The summed E-state index contributed by atoms with van der Waals surface area (Å²) in [5.74, 6) is 0.196. The van der Waals surface area contributed by atoms with Gasteiger partial charge in [-0.2, -0.15) is 0 Å². The molecule has 104 valence electrons. The maximum absolute atomic E-state index is 11.9. The van der Waals surface area contributed by atoms with Gasteiger partial charge < -0.3 is 15.0 Å². The van der Waals surface area contributed by atoms with Crippen LogP contribution in [-0.4, -0.2) is 43.7 Å². The fourth-order valence-corrected chi connectivity index (χ4v) is 2.37. The molecule has 0 aliphatic carbocycles. The summed E-state index contributed by atoms with van der Waals surface area (Å²) in [5, 5.41) is 3.27. The van der Waals surface area contributed by atoms with E-state index in [1.54, 1.807) is 0 Å². The van der Waals surface area contributed by atoms with Gasteiger partial charge in [0.25, 0.3) is 0 Å². The van der Waals surface area contributed by atoms with Crippen molar-refractivity contribution >= 4 is 27.5 Å². The van der Waals surface area contributed by atoms with Crippen LogP contribution in [0.4, 0.5) is 5.69 Å². The van der Waals surface area contributed by atoms with Gasteiger partial charge in [0.15, 0.2) is 0 Å². The van der Waals surface area contributed by atoms with E-state index in [4.69, 9.17) is 4.74 Å². The number of halogens is 1. The maximum Gasteiger partial charge on any atom is 0.224 e. The average molecular weight is 327 g/mol. The Hall–Kier alpha value is -1.07. The lowest BCUT2D eigenvalue weighted by atomic mass is 10.2. The lowest BCUT2D eigenvalue weighted by Gasteiger charge is -2.26. The number of carbonyl (C=O) groups is 1. The van der Waals surface area contributed by atoms with E-state index < -0.39 is 0 Å². The number of amides is 1. The standard InChI is InChI=1S/C14H19BrN2O2/c1-11-2-3-12(10-13(11)15)16-5-4-14(18)17-6-8-19-9-7-17/h2-3,10,16H,4-9H2,1H3. The fraction of sp³-hybridized carbons (Fsp3) is 0.500. The third-order valence-corrected chi connectivity index (χ3v) is 4.06. The van der Waals surface area contributed by atoms with Crippen molar-refractivity contribution in [2.75, 3.05) is 38.2 Å². The highest BCUT2D eigenvalue weighted by molar-refractivity contribution is 9.10. The first-order valence-electron chi connectivity index (χ1n) is 6.52. The molecule has 0 aromatic heterocycles. The molecule has 1 aliphatic rings. The summed E-state index contributed by atoms with van der Waals surface area (Å²) in [4.78, 5) is 13.8. The zero-order valence-corrected chi connectivity index (χ0v) is 12.7. The Labute approximate surface area is 122 Å². The van der Waals surface area contributed by atoms with E-state index in [1.807, 2.05) is 17.0 Å². The van der Waals surface area contributed by atoms with Crippen molar-refractivity contribution in [2.45, 2.75) is 13.3 Å². The van der Waals surface area contributed by atoms with E-state index in [0.717, 1.165) is 23.2 Å². The number of carbonyl (C=O) groups excluding carboxylic acids is 1. The lowest BCUT2D eigenvalue weighted by Crippen LogP contribution is -2.41. The first kappa shape index (κ1) is 14.3. The van der Waals surface area contributed by atoms with Crippen molar-refractivity contribution in [3.8, 4) is 0 Å². The molecule has 0 radical (unpaired) electrons. The molecule has 1 aromatic carbocycles. The molecule has 2 rings (SSSR count). The largest absolute Gasteiger partial charge is 0.384 e. The van der Waals surface area contributed by atoms with Crippen molar-refractivity contribution in [1.82, 2.24) is 4.90 Å². The molecule has 19 heavy (non-hydrogen) atoms. The zero-order chi connectivity index (χ0) is 13.7. The molecule has 0 saturated carbocycles. The van der Waals surface area contributed by atoms with E-state index in [-0.39, 0.29) is 5.91 Å². The number of benzene rings is 1. The molecule has 5 heteroatoms. The molecular weight excluding hydrogens is 308 g/mol. The van der Waals surface area contributed by atoms with Gasteiger partial charge in [0.1, 0.15) is 0 Å². The highest BCUT2D eigenvalue weighted by atomic mass is 79.9. The number of rotatable bonds is 4. The Balaban J connectivity index is 1.76. The van der Waals surface area contributed by atoms with E-state index in [2.05, 4.69) is 34.2 Å². The first-order valence-corrected chi connectivity index (χ1v) is 7.31. The number of morpholine rings is 1. The molecule has 1 amide bonds. The SMILES string of the molecule is Cc1ccc(NCCC(=O)N2CCOCC2)cc1Br. The summed E-state index contributed by atoms with van der Waals surface area (Å²) < 4.78 is 6.31. The van der Waals surface area contributed by atoms with Crippen LogP contribution in [0.3, 0.4) is 0 Å². The van der Waals surface area contributed by atoms with Gasteiger partial charge in [0.2, 0.25) is 5.91 Å². The second-order valence-corrected chi connectivity index (χ2v) is 5.49. The number of anilines is 1. The van der Waals surface area contributed by atoms with Gasteiger partial charge in [-0.3, -0.25) is 4.79 Å². The van der Waals surface area contributed by atoms with Crippen molar-refractivity contribution in [3.05, 3.63) is 28.2 Å². The second-order valence-electron chi connectivity index (χ2n) is 4.63. The van der Waals surface area contributed by atoms with Crippen LogP contribution in [0.1, 0.15) is 12.0 Å². The molecule has 1 saturated heterocycles. The molecule has 0 spiro atoms. The summed E-state index contributed by atoms with van der Waals surface area (Å²) in [5.41, 5.74) is 2.24. The van der Waals surface area contributed by atoms with Crippen molar-refractivity contribution in [1.29, 1.82) is 0 Å². The highest BCUT2D eigenvalue weighted by Crippen LogP contribution is 2.20. The molecule has 4 nitrogen and oxygen atoms in total. The van der Waals surface area contributed by atoms with Crippen LogP contribution < -0.4 is 5.32 Å². The minimum Gasteiger partial charge on any atom is -0.384 e. The minimum absolute atomic E-state index is 0.196. The lowest BCUT2D eigenvalue weighted by molar-refractivity contribution is -0.134. The Morgan fingerprint density at radius 3 is 2.84 bits per heavy atom. The molecule has 1 N–H and O–H groups in total. The first-order chi connectivity index (χ1) is 9.16. The Morgan fingerprint density at radius 1 is 1.42 bits per heavy atom. The average Bonchev–Trinajstić information content (AvgIpc) is 2.43. The molecule has 1 heterocycles. The molecular formula is C14H19BrN2O2. The predicted octanol–water partition coefficient (Wildman–Crippen LogP) is 2.42. The summed E-state index contributed by atoms with van der Waals surface area (Å²) in [6.07, 6.45) is 0.519. The van der Waals surface area contributed by atoms with Crippen molar-refractivity contribution in [2.24, 2.45) is 0 Å². The molecule has 1 aromatic rings. The van der Waals surface area contributed by atoms with Crippen LogP contribution in [0.5, 0.6) is 0 Å². The number of nitrogens with zero attached hydrogens (tertiary/aromatic N) is 1. The number of aryl methyl sites for hydroxylation is 1. The number of hydrogen-bond donors (Lipinski definition) is 1. The van der Waals surface area contributed by atoms with Gasteiger partial charge in [-0.15, -0.1) is 0 Å². The van der Waals surface area contributed by atoms with Gasteiger partial charge in [-0.25, -0.2) is 0 Å². The van der Waals surface area contributed by atoms with E-state index in [1.165, 1.54) is 5.56 Å². The Morgan fingerprint density at radius 2 is 2.16 bits per heavy atom. The predicted molar refractivity (Wildman–Crippen MR) is 79.4 cm³/mol. The van der Waals surface area contributed by atoms with Gasteiger partial charge in [0, 0.05) is 36.2 Å². The molecule has 1 fully saturated rings. The zero-order valence-electron chi connectivity index (χ0n) is 11.1. The number of ether oxygens (including phenoxy) is 1. The second kappa shape index (κ2) is 6.91. The number of nitrogens with one attached hydrogen (secondary N) is 1. The number of hydrogen-bond acceptors (Lipinski definition) is 3. The van der Waals surface area contributed by atoms with E-state index in [0.29, 0.717) is 26.2 Å². The highest BCUT2D eigenvalue weighted by Gasteiger charge is 2.15. The van der Waals surface area contributed by atoms with Crippen LogP contribution >= 0.6 is 15.9 Å². The van der Waals surface area contributed by atoms with Crippen LogP contribution in [-0.2, 0) is 9.53 Å². The summed E-state index contributed by atoms with van der Waals surface area (Å²) in [7, 11) is 0. The quantitative estimate of drug-likeness (QED) is 0.923. The molecule has 0 atom stereocenters. The van der Waals surface area contributed by atoms with E-state index in [9.17, 15) is 4.79 Å². The fourth-order valence-electron chi connectivity index (χ4n) is 1.99. The van der Waals surface area contributed by atoms with Crippen molar-refractivity contribution in [3.63, 3.8) is 0 Å².